The summed E-state index contributed by atoms with van der Waals surface area (Å²) in [6, 6.07) is 23.1. The molecule has 0 aliphatic rings. The minimum absolute atomic E-state index is 0.0165. The zero-order valence-electron chi connectivity index (χ0n) is 20.4. The number of benzene rings is 3. The number of rotatable bonds is 10. The number of hydrogen-bond donors (Lipinski definition) is 2. The van der Waals surface area contributed by atoms with Gasteiger partial charge < -0.3 is 15.3 Å². The van der Waals surface area contributed by atoms with E-state index in [1.54, 1.807) is 12.1 Å². The molecule has 34 heavy (non-hydrogen) atoms. The Morgan fingerprint density at radius 1 is 0.824 bits per heavy atom. The van der Waals surface area contributed by atoms with E-state index in [1.807, 2.05) is 42.5 Å². The molecule has 0 saturated heterocycles. The molecule has 3 rings (SSSR count). The van der Waals surface area contributed by atoms with Crippen molar-refractivity contribution in [3.05, 3.63) is 95.1 Å². The highest BCUT2D eigenvalue weighted by Gasteiger charge is 2.17. The minimum Gasteiger partial charge on any atom is -0.478 e. The highest BCUT2D eigenvalue weighted by atomic mass is 16.4. The second-order valence-corrected chi connectivity index (χ2v) is 9.18. The lowest BCUT2D eigenvalue weighted by molar-refractivity contribution is -0.116. The Balaban J connectivity index is 1.76. The molecule has 178 valence electrons. The highest BCUT2D eigenvalue weighted by molar-refractivity contribution is 5.93. The van der Waals surface area contributed by atoms with Crippen molar-refractivity contribution < 1.29 is 14.7 Å². The van der Waals surface area contributed by atoms with E-state index >= 15 is 0 Å². The van der Waals surface area contributed by atoms with E-state index in [0.717, 1.165) is 28.1 Å². The molecule has 0 aromatic heterocycles. The van der Waals surface area contributed by atoms with E-state index in [-0.39, 0.29) is 11.5 Å². The quantitative estimate of drug-likeness (QED) is 0.356. The maximum absolute atomic E-state index is 13.1. The number of nitrogens with one attached hydrogen (secondary N) is 1. The van der Waals surface area contributed by atoms with E-state index in [4.69, 9.17) is 5.11 Å². The summed E-state index contributed by atoms with van der Waals surface area (Å²) >= 11 is 0. The van der Waals surface area contributed by atoms with Crippen LogP contribution in [0.3, 0.4) is 0 Å². The van der Waals surface area contributed by atoms with E-state index in [1.165, 1.54) is 0 Å². The lowest BCUT2D eigenvalue weighted by Crippen LogP contribution is -2.28. The Hall–Kier alpha value is -3.60. The Labute approximate surface area is 202 Å². The maximum atomic E-state index is 13.1. The molecule has 0 bridgehead atoms. The fourth-order valence-electron chi connectivity index (χ4n) is 4.05. The molecule has 0 heterocycles. The van der Waals surface area contributed by atoms with Crippen molar-refractivity contribution in [3.63, 3.8) is 0 Å². The van der Waals surface area contributed by atoms with Gasteiger partial charge >= 0.3 is 5.97 Å². The van der Waals surface area contributed by atoms with E-state index in [9.17, 15) is 9.59 Å². The average Bonchev–Trinajstić information content (AvgIpc) is 2.82. The average molecular weight is 459 g/mol. The number of anilines is 2. The molecule has 0 unspecified atom stereocenters. The van der Waals surface area contributed by atoms with E-state index < -0.39 is 5.97 Å². The molecule has 0 aliphatic heterocycles. The summed E-state index contributed by atoms with van der Waals surface area (Å²) in [4.78, 5) is 26.4. The van der Waals surface area contributed by atoms with Crippen LogP contribution in [0.25, 0.3) is 0 Å². The van der Waals surface area contributed by atoms with Gasteiger partial charge in [0.15, 0.2) is 0 Å². The number of aromatic carboxylic acids is 1. The van der Waals surface area contributed by atoms with Crippen molar-refractivity contribution in [2.24, 2.45) is 0 Å². The first kappa shape index (κ1) is 25.0. The topological polar surface area (TPSA) is 69.6 Å². The smallest absolute Gasteiger partial charge is 0.335 e. The van der Waals surface area contributed by atoms with Crippen LogP contribution < -0.4 is 10.2 Å². The van der Waals surface area contributed by atoms with Crippen molar-refractivity contribution in [2.45, 2.75) is 52.5 Å². The standard InChI is InChI=1S/C29H34N2O3/c1-20(2)25-11-8-12-26(21(3)4)28(25)30-27(32)17-18-31(24-9-6-5-7-10-24)19-22-13-15-23(16-14-22)29(33)34/h5-16,20-21H,17-19H2,1-4H3,(H,30,32)(H,33,34). The van der Waals surface area contributed by atoms with Gasteiger partial charge in [-0.15, -0.1) is 0 Å². The molecule has 3 aromatic rings. The van der Waals surface area contributed by atoms with Crippen LogP contribution in [0.1, 0.15) is 73.0 Å². The van der Waals surface area contributed by atoms with Gasteiger partial charge in [0, 0.05) is 30.9 Å². The van der Waals surface area contributed by atoms with E-state index in [0.29, 0.717) is 31.3 Å². The molecule has 2 N–H and O–H groups in total. The van der Waals surface area contributed by atoms with Crippen LogP contribution in [0.15, 0.2) is 72.8 Å². The summed E-state index contributed by atoms with van der Waals surface area (Å²) in [5.41, 5.74) is 5.51. The lowest BCUT2D eigenvalue weighted by atomic mass is 9.92. The molecular formula is C29H34N2O3. The summed E-state index contributed by atoms with van der Waals surface area (Å²) in [5, 5.41) is 12.4. The summed E-state index contributed by atoms with van der Waals surface area (Å²) in [7, 11) is 0. The number of carbonyl (C=O) groups excluding carboxylic acids is 1. The van der Waals surface area contributed by atoms with Gasteiger partial charge in [-0.3, -0.25) is 4.79 Å². The molecule has 0 fully saturated rings. The Morgan fingerprint density at radius 3 is 1.94 bits per heavy atom. The third-order valence-electron chi connectivity index (χ3n) is 5.94. The van der Waals surface area contributed by atoms with Crippen LogP contribution in [-0.4, -0.2) is 23.5 Å². The maximum Gasteiger partial charge on any atom is 0.335 e. The Bertz CT molecular complexity index is 1080. The highest BCUT2D eigenvalue weighted by Crippen LogP contribution is 2.32. The van der Waals surface area contributed by atoms with Gasteiger partial charge in [-0.2, -0.15) is 0 Å². The molecule has 0 saturated carbocycles. The zero-order valence-corrected chi connectivity index (χ0v) is 20.4. The van der Waals surface area contributed by atoms with Crippen LogP contribution >= 0.6 is 0 Å². The molecule has 5 heteroatoms. The first-order chi connectivity index (χ1) is 16.3. The first-order valence-corrected chi connectivity index (χ1v) is 11.8. The summed E-state index contributed by atoms with van der Waals surface area (Å²) in [6.45, 7) is 9.68. The van der Waals surface area contributed by atoms with Gasteiger partial charge in [0.25, 0.3) is 0 Å². The van der Waals surface area contributed by atoms with Crippen LogP contribution in [0.2, 0.25) is 0 Å². The first-order valence-electron chi connectivity index (χ1n) is 11.8. The van der Waals surface area contributed by atoms with Crippen LogP contribution in [0.4, 0.5) is 11.4 Å². The number of carboxylic acid groups (broad SMARTS) is 1. The number of amides is 1. The Kier molecular flexibility index (Phi) is 8.47. The fourth-order valence-corrected chi connectivity index (χ4v) is 4.05. The normalized spacial score (nSPS) is 11.0. The van der Waals surface area contributed by atoms with Crippen LogP contribution in [0, 0.1) is 0 Å². The predicted molar refractivity (Wildman–Crippen MR) is 139 cm³/mol. The third-order valence-corrected chi connectivity index (χ3v) is 5.94. The second-order valence-electron chi connectivity index (χ2n) is 9.18. The number of hydrogen-bond acceptors (Lipinski definition) is 3. The zero-order chi connectivity index (χ0) is 24.7. The minimum atomic E-state index is -0.939. The van der Waals surface area contributed by atoms with Gasteiger partial charge in [0.1, 0.15) is 0 Å². The number of nitrogens with zero attached hydrogens (tertiary/aromatic N) is 1. The van der Waals surface area contributed by atoms with Gasteiger partial charge in [0.05, 0.1) is 5.56 Å². The molecule has 0 atom stereocenters. The van der Waals surface area contributed by atoms with Gasteiger partial charge in [0.2, 0.25) is 5.91 Å². The number of carbonyl (C=O) groups is 2. The van der Waals surface area contributed by atoms with Gasteiger partial charge in [-0.05, 0) is 52.8 Å². The third kappa shape index (κ3) is 6.47. The van der Waals surface area contributed by atoms with Crippen molar-refractivity contribution in [1.29, 1.82) is 0 Å². The molecule has 0 aliphatic carbocycles. The summed E-state index contributed by atoms with van der Waals surface area (Å²) in [6.07, 6.45) is 0.339. The number of para-hydroxylation sites is 2. The lowest BCUT2D eigenvalue weighted by Gasteiger charge is -2.25. The second kappa shape index (κ2) is 11.5. The summed E-state index contributed by atoms with van der Waals surface area (Å²) < 4.78 is 0. The van der Waals surface area contributed by atoms with E-state index in [2.05, 4.69) is 56.1 Å². The predicted octanol–water partition coefficient (Wildman–Crippen LogP) is 6.67. The molecular weight excluding hydrogens is 424 g/mol. The van der Waals surface area contributed by atoms with Crippen LogP contribution in [0.5, 0.6) is 0 Å². The largest absolute Gasteiger partial charge is 0.478 e. The molecule has 5 nitrogen and oxygen atoms in total. The monoisotopic (exact) mass is 458 g/mol. The molecule has 1 amide bonds. The number of carboxylic acids is 1. The van der Waals surface area contributed by atoms with Crippen LogP contribution in [-0.2, 0) is 11.3 Å². The fraction of sp³-hybridized carbons (Fsp3) is 0.310. The van der Waals surface area contributed by atoms with Crippen molar-refractivity contribution in [2.75, 3.05) is 16.8 Å². The Morgan fingerprint density at radius 2 is 1.41 bits per heavy atom. The molecule has 3 aromatic carbocycles. The van der Waals surface area contributed by atoms with Gasteiger partial charge in [-0.25, -0.2) is 4.79 Å². The van der Waals surface area contributed by atoms with Crippen molar-refractivity contribution in [1.82, 2.24) is 0 Å². The SMILES string of the molecule is CC(C)c1cccc(C(C)C)c1NC(=O)CCN(Cc1ccc(C(=O)O)cc1)c1ccccc1. The van der Waals surface area contributed by atoms with Gasteiger partial charge in [-0.1, -0.05) is 76.2 Å². The molecule has 0 spiro atoms. The molecule has 0 radical (unpaired) electrons. The van der Waals surface area contributed by atoms with Crippen molar-refractivity contribution >= 4 is 23.3 Å². The summed E-state index contributed by atoms with van der Waals surface area (Å²) in [5.74, 6) is -0.338. The van der Waals surface area contributed by atoms with Crippen molar-refractivity contribution in [3.8, 4) is 0 Å².